The molecule has 0 radical (unpaired) electrons. The predicted octanol–water partition coefficient (Wildman–Crippen LogP) is 9.40. The van der Waals surface area contributed by atoms with Crippen LogP contribution in [0.2, 0.25) is 0 Å². The summed E-state index contributed by atoms with van der Waals surface area (Å²) >= 11 is 0. The third-order valence-electron chi connectivity index (χ3n) is 8.60. The van der Waals surface area contributed by atoms with Gasteiger partial charge in [-0.3, -0.25) is 0 Å². The fourth-order valence-corrected chi connectivity index (χ4v) is 6.34. The van der Waals surface area contributed by atoms with E-state index in [2.05, 4.69) is 13.8 Å². The Labute approximate surface area is 220 Å². The summed E-state index contributed by atoms with van der Waals surface area (Å²) in [6.07, 6.45) is 11.1. The zero-order valence-corrected chi connectivity index (χ0v) is 22.3. The van der Waals surface area contributed by atoms with Gasteiger partial charge in [0.05, 0.1) is 5.56 Å². The lowest BCUT2D eigenvalue weighted by Gasteiger charge is -2.31. The molecule has 2 aromatic carbocycles. The third-order valence-corrected chi connectivity index (χ3v) is 8.60. The summed E-state index contributed by atoms with van der Waals surface area (Å²) in [4.78, 5) is 12.6. The van der Waals surface area contributed by atoms with E-state index in [1.807, 2.05) is 6.07 Å². The van der Waals surface area contributed by atoms with Crippen LogP contribution in [0.1, 0.15) is 130 Å². The van der Waals surface area contributed by atoms with Crippen molar-refractivity contribution in [3.8, 4) is 0 Å². The Hall–Kier alpha value is -2.30. The number of unbranched alkanes of at least 4 members (excludes halogenated alkanes) is 1. The van der Waals surface area contributed by atoms with E-state index in [4.69, 9.17) is 4.74 Å². The van der Waals surface area contributed by atoms with Crippen molar-refractivity contribution in [1.29, 1.82) is 0 Å². The second kappa shape index (κ2) is 13.0. The van der Waals surface area contributed by atoms with Crippen LogP contribution >= 0.6 is 0 Å². The quantitative estimate of drug-likeness (QED) is 0.312. The first-order valence-electron chi connectivity index (χ1n) is 14.4. The average Bonchev–Trinajstić information content (AvgIpc) is 2.91. The van der Waals surface area contributed by atoms with E-state index in [9.17, 15) is 9.18 Å². The molecule has 2 saturated carbocycles. The molecule has 0 unspecified atom stereocenters. The van der Waals surface area contributed by atoms with Crippen molar-refractivity contribution in [3.63, 3.8) is 0 Å². The summed E-state index contributed by atoms with van der Waals surface area (Å²) in [7, 11) is 0. The smallest absolute Gasteiger partial charge is 0.338 e. The molecule has 2 aliphatic carbocycles. The minimum atomic E-state index is -0.702. The molecule has 4 rings (SSSR count). The molecule has 2 aromatic rings. The minimum Gasteiger partial charge on any atom is -0.459 e. The first-order valence-corrected chi connectivity index (χ1v) is 14.4. The van der Waals surface area contributed by atoms with Crippen molar-refractivity contribution in [1.82, 2.24) is 0 Å². The molecule has 5 heteroatoms. The molecule has 37 heavy (non-hydrogen) atoms. The second-order valence-electron chi connectivity index (χ2n) is 11.2. The zero-order valence-electron chi connectivity index (χ0n) is 22.3. The van der Waals surface area contributed by atoms with Crippen molar-refractivity contribution in [2.75, 3.05) is 0 Å². The highest BCUT2D eigenvalue weighted by atomic mass is 19.2. The fraction of sp³-hybridized carbons (Fsp3) is 0.594. The highest BCUT2D eigenvalue weighted by Gasteiger charge is 2.30. The molecule has 202 valence electrons. The van der Waals surface area contributed by atoms with Crippen molar-refractivity contribution in [3.05, 3.63) is 70.0 Å². The Kier molecular flexibility index (Phi) is 9.72. The maximum atomic E-state index is 15.2. The van der Waals surface area contributed by atoms with Crippen LogP contribution in [0.4, 0.5) is 13.2 Å². The van der Waals surface area contributed by atoms with Crippen molar-refractivity contribution in [2.24, 2.45) is 5.92 Å². The van der Waals surface area contributed by atoms with Crippen LogP contribution < -0.4 is 0 Å². The van der Waals surface area contributed by atoms with Crippen molar-refractivity contribution >= 4 is 5.97 Å². The largest absolute Gasteiger partial charge is 0.459 e. The number of rotatable bonds is 9. The molecule has 0 aromatic heterocycles. The Morgan fingerprint density at radius 3 is 1.95 bits per heavy atom. The highest BCUT2D eigenvalue weighted by molar-refractivity contribution is 5.89. The molecule has 2 nitrogen and oxygen atoms in total. The molecule has 0 bridgehead atoms. The molecule has 2 fully saturated rings. The number of aryl methyl sites for hydroxylation is 1. The van der Waals surface area contributed by atoms with Crippen LogP contribution in [-0.2, 0) is 11.2 Å². The van der Waals surface area contributed by atoms with Gasteiger partial charge in [0, 0.05) is 0 Å². The number of hydrogen-bond donors (Lipinski definition) is 0. The van der Waals surface area contributed by atoms with Crippen LogP contribution in [0.5, 0.6) is 0 Å². The van der Waals surface area contributed by atoms with Crippen molar-refractivity contribution in [2.45, 2.75) is 115 Å². The predicted molar refractivity (Wildman–Crippen MR) is 141 cm³/mol. The number of benzene rings is 2. The maximum absolute atomic E-state index is 15.2. The molecule has 0 amide bonds. The van der Waals surface area contributed by atoms with Gasteiger partial charge in [0.2, 0.25) is 0 Å². The number of ether oxygens (including phenoxy) is 1. The second-order valence-corrected chi connectivity index (χ2v) is 11.2. The van der Waals surface area contributed by atoms with Crippen LogP contribution in [0.25, 0.3) is 0 Å². The summed E-state index contributed by atoms with van der Waals surface area (Å²) in [5.74, 6) is -1.53. The molecule has 0 heterocycles. The number of carbonyl (C=O) groups is 1. The Balaban J connectivity index is 1.32. The van der Waals surface area contributed by atoms with Crippen molar-refractivity contribution < 1.29 is 22.7 Å². The lowest BCUT2D eigenvalue weighted by molar-refractivity contribution is 0.0193. The van der Waals surface area contributed by atoms with E-state index < -0.39 is 17.6 Å². The SMILES string of the molecule is CCCCc1ccc(C(=O)OC2CCC(c3ccc(C4CCC(CCC)CC4)c(F)c3F)CC2)cc1F. The standard InChI is InChI=1S/C32H41F3O2/c1-3-5-7-24-12-13-25(20-29(24)33)32(36)37-26-16-14-23(15-17-26)28-19-18-27(30(34)31(28)35)22-10-8-21(6-4-2)9-11-22/h12-13,18-23,26H,3-11,14-17H2,1-2H3. The lowest BCUT2D eigenvalue weighted by atomic mass is 9.76. The van der Waals surface area contributed by atoms with E-state index in [-0.39, 0.29) is 29.3 Å². The van der Waals surface area contributed by atoms with Gasteiger partial charge in [-0.15, -0.1) is 0 Å². The molecular weight excluding hydrogens is 473 g/mol. The Morgan fingerprint density at radius 2 is 1.41 bits per heavy atom. The highest BCUT2D eigenvalue weighted by Crippen LogP contribution is 2.41. The number of hydrogen-bond acceptors (Lipinski definition) is 2. The molecule has 0 N–H and O–H groups in total. The van der Waals surface area contributed by atoms with E-state index in [0.29, 0.717) is 48.8 Å². The van der Waals surface area contributed by atoms with E-state index in [1.165, 1.54) is 18.9 Å². The maximum Gasteiger partial charge on any atom is 0.338 e. The van der Waals surface area contributed by atoms with Gasteiger partial charge in [-0.05, 0) is 111 Å². The molecule has 0 aliphatic heterocycles. The van der Waals surface area contributed by atoms with E-state index in [1.54, 1.807) is 18.2 Å². The molecular formula is C32H41F3O2. The Morgan fingerprint density at radius 1 is 0.811 bits per heavy atom. The monoisotopic (exact) mass is 514 g/mol. The van der Waals surface area contributed by atoms with Gasteiger partial charge in [-0.2, -0.15) is 0 Å². The third kappa shape index (κ3) is 6.78. The molecule has 2 aliphatic rings. The Bertz CT molecular complexity index is 1050. The normalized spacial score (nSPS) is 24.1. The van der Waals surface area contributed by atoms with Gasteiger partial charge in [-0.1, -0.05) is 51.3 Å². The van der Waals surface area contributed by atoms with Gasteiger partial charge < -0.3 is 4.74 Å². The summed E-state index contributed by atoms with van der Waals surface area (Å²) in [6.45, 7) is 4.25. The van der Waals surface area contributed by atoms with Gasteiger partial charge in [0.15, 0.2) is 11.6 Å². The van der Waals surface area contributed by atoms with Crippen LogP contribution in [0.3, 0.4) is 0 Å². The zero-order chi connectivity index (χ0) is 26.4. The van der Waals surface area contributed by atoms with E-state index >= 15 is 8.78 Å². The summed E-state index contributed by atoms with van der Waals surface area (Å²) < 4.78 is 50.3. The number of halogens is 3. The summed E-state index contributed by atoms with van der Waals surface area (Å²) in [5.41, 5.74) is 1.80. The van der Waals surface area contributed by atoms with Gasteiger partial charge >= 0.3 is 5.97 Å². The van der Waals surface area contributed by atoms with Gasteiger partial charge in [0.25, 0.3) is 0 Å². The first-order chi connectivity index (χ1) is 17.9. The first kappa shape index (κ1) is 27.7. The van der Waals surface area contributed by atoms with Crippen LogP contribution in [0.15, 0.2) is 30.3 Å². The lowest BCUT2D eigenvalue weighted by Crippen LogP contribution is -2.24. The average molecular weight is 515 g/mol. The van der Waals surface area contributed by atoms with Gasteiger partial charge in [-0.25, -0.2) is 18.0 Å². The number of esters is 1. The molecule has 0 spiro atoms. The summed E-state index contributed by atoms with van der Waals surface area (Å²) in [6, 6.07) is 8.14. The fourth-order valence-electron chi connectivity index (χ4n) is 6.34. The van der Waals surface area contributed by atoms with Crippen LogP contribution in [0, 0.1) is 23.4 Å². The topological polar surface area (TPSA) is 26.3 Å². The molecule has 0 atom stereocenters. The molecule has 0 saturated heterocycles. The van der Waals surface area contributed by atoms with Crippen LogP contribution in [-0.4, -0.2) is 12.1 Å². The van der Waals surface area contributed by atoms with E-state index in [0.717, 1.165) is 44.4 Å². The number of carbonyl (C=O) groups excluding carboxylic acids is 1. The van der Waals surface area contributed by atoms with Gasteiger partial charge in [0.1, 0.15) is 11.9 Å². The summed E-state index contributed by atoms with van der Waals surface area (Å²) in [5, 5.41) is 0. The minimum absolute atomic E-state index is 0.0888.